The average molecular weight is 387 g/mol. The van der Waals surface area contributed by atoms with E-state index < -0.39 is 11.6 Å². The third-order valence-electron chi connectivity index (χ3n) is 5.70. The molecule has 0 unspecified atom stereocenters. The van der Waals surface area contributed by atoms with E-state index >= 15 is 0 Å². The molecule has 1 saturated heterocycles. The Hall–Kier alpha value is -1.20. The molecule has 1 aliphatic heterocycles. The molecule has 1 aromatic rings. The number of hydrogen-bond acceptors (Lipinski definition) is 2. The van der Waals surface area contributed by atoms with Gasteiger partial charge in [-0.25, -0.2) is 8.78 Å². The molecule has 0 atom stereocenters. The van der Waals surface area contributed by atoms with Crippen molar-refractivity contribution in [2.45, 2.75) is 64.0 Å². The quantitative estimate of drug-likeness (QED) is 0.784. The minimum Gasteiger partial charge on any atom is -0.335 e. The van der Waals surface area contributed by atoms with Crippen LogP contribution in [0.4, 0.5) is 8.78 Å². The van der Waals surface area contributed by atoms with Crippen molar-refractivity contribution >= 4 is 18.3 Å². The summed E-state index contributed by atoms with van der Waals surface area (Å²) in [6.07, 6.45) is 7.63. The van der Waals surface area contributed by atoms with Gasteiger partial charge >= 0.3 is 0 Å². The van der Waals surface area contributed by atoms with Crippen LogP contribution in [0.25, 0.3) is 0 Å². The van der Waals surface area contributed by atoms with Crippen LogP contribution in [0.5, 0.6) is 0 Å². The predicted octanol–water partition coefficient (Wildman–Crippen LogP) is 4.44. The number of carbonyl (C=O) groups excluding carboxylic acids is 1. The Morgan fingerprint density at radius 3 is 2.31 bits per heavy atom. The number of amides is 1. The maximum absolute atomic E-state index is 14.1. The fourth-order valence-corrected chi connectivity index (χ4v) is 4.13. The summed E-state index contributed by atoms with van der Waals surface area (Å²) in [5.41, 5.74) is 0.0182. The topological polar surface area (TPSA) is 32.3 Å². The van der Waals surface area contributed by atoms with Crippen LogP contribution in [-0.2, 0) is 11.3 Å². The third kappa shape index (κ3) is 5.40. The molecule has 1 aromatic carbocycles. The fraction of sp³-hybridized carbons (Fsp3) is 0.650. The number of halogens is 3. The number of nitrogens with one attached hydrogen (secondary N) is 1. The van der Waals surface area contributed by atoms with Gasteiger partial charge in [0.15, 0.2) is 0 Å². The van der Waals surface area contributed by atoms with Gasteiger partial charge in [-0.15, -0.1) is 12.4 Å². The molecule has 26 heavy (non-hydrogen) atoms. The number of rotatable bonds is 6. The smallest absolute Gasteiger partial charge is 0.223 e. The van der Waals surface area contributed by atoms with Crippen molar-refractivity contribution in [3.05, 3.63) is 35.4 Å². The number of piperidine rings is 1. The monoisotopic (exact) mass is 386 g/mol. The van der Waals surface area contributed by atoms with Crippen LogP contribution in [0.1, 0.15) is 56.9 Å². The van der Waals surface area contributed by atoms with Crippen molar-refractivity contribution in [2.24, 2.45) is 5.92 Å². The van der Waals surface area contributed by atoms with E-state index in [1.165, 1.54) is 18.2 Å². The van der Waals surface area contributed by atoms with Crippen molar-refractivity contribution in [3.8, 4) is 0 Å². The SMILES string of the molecule is Cl.O=C(CCC1CCNCC1)N(Cc1c(F)cccc1F)C1CCCC1. The van der Waals surface area contributed by atoms with E-state index in [2.05, 4.69) is 5.32 Å². The van der Waals surface area contributed by atoms with Gasteiger partial charge in [-0.1, -0.05) is 18.9 Å². The lowest BCUT2D eigenvalue weighted by molar-refractivity contribution is -0.134. The maximum Gasteiger partial charge on any atom is 0.223 e. The molecule has 6 heteroatoms. The van der Waals surface area contributed by atoms with E-state index in [0.29, 0.717) is 12.3 Å². The van der Waals surface area contributed by atoms with Crippen molar-refractivity contribution in [3.63, 3.8) is 0 Å². The van der Waals surface area contributed by atoms with Crippen molar-refractivity contribution in [1.82, 2.24) is 10.2 Å². The summed E-state index contributed by atoms with van der Waals surface area (Å²) in [6, 6.07) is 4.03. The number of carbonyl (C=O) groups is 1. The molecule has 146 valence electrons. The summed E-state index contributed by atoms with van der Waals surface area (Å²) in [5, 5.41) is 3.34. The van der Waals surface area contributed by atoms with E-state index in [1.807, 2.05) is 0 Å². The minimum atomic E-state index is -0.561. The molecule has 0 bridgehead atoms. The highest BCUT2D eigenvalue weighted by atomic mass is 35.5. The van der Waals surface area contributed by atoms with Crippen molar-refractivity contribution in [1.29, 1.82) is 0 Å². The van der Waals surface area contributed by atoms with Gasteiger partial charge < -0.3 is 10.2 Å². The standard InChI is InChI=1S/C20H28F2N2O.ClH/c21-18-6-3-7-19(22)17(18)14-24(16-4-1-2-5-16)20(25)9-8-15-10-12-23-13-11-15;/h3,6-7,15-16,23H,1-2,4-5,8-14H2;1H. The van der Waals surface area contributed by atoms with Crippen molar-refractivity contribution in [2.75, 3.05) is 13.1 Å². The van der Waals surface area contributed by atoms with Crippen LogP contribution < -0.4 is 5.32 Å². The summed E-state index contributed by atoms with van der Waals surface area (Å²) >= 11 is 0. The molecule has 1 saturated carbocycles. The normalized spacial score (nSPS) is 18.5. The lowest BCUT2D eigenvalue weighted by Gasteiger charge is -2.30. The summed E-state index contributed by atoms with van der Waals surface area (Å²) in [5.74, 6) is -0.489. The van der Waals surface area contributed by atoms with Gasteiger partial charge in [-0.3, -0.25) is 4.79 Å². The lowest BCUT2D eigenvalue weighted by atomic mass is 9.93. The molecule has 0 radical (unpaired) electrons. The second kappa shape index (κ2) is 10.2. The van der Waals surface area contributed by atoms with Gasteiger partial charge in [0, 0.05) is 18.0 Å². The van der Waals surface area contributed by atoms with E-state index in [4.69, 9.17) is 0 Å². The fourth-order valence-electron chi connectivity index (χ4n) is 4.13. The van der Waals surface area contributed by atoms with Crippen LogP contribution in [-0.4, -0.2) is 29.9 Å². The first-order valence-corrected chi connectivity index (χ1v) is 9.58. The lowest BCUT2D eigenvalue weighted by Crippen LogP contribution is -2.39. The molecule has 3 rings (SSSR count). The van der Waals surface area contributed by atoms with Crippen LogP contribution in [0.2, 0.25) is 0 Å². The first-order valence-electron chi connectivity index (χ1n) is 9.58. The molecule has 3 nitrogen and oxygen atoms in total. The van der Waals surface area contributed by atoms with Crippen LogP contribution >= 0.6 is 12.4 Å². The number of nitrogens with zero attached hydrogens (tertiary/aromatic N) is 1. The molecule has 2 fully saturated rings. The minimum absolute atomic E-state index is 0. The molecule has 2 aliphatic rings. The molecule has 1 amide bonds. The van der Waals surface area contributed by atoms with Crippen molar-refractivity contribution < 1.29 is 13.6 Å². The Kier molecular flexibility index (Phi) is 8.29. The van der Waals surface area contributed by atoms with Gasteiger partial charge in [-0.2, -0.15) is 0 Å². The zero-order valence-corrected chi connectivity index (χ0v) is 16.0. The third-order valence-corrected chi connectivity index (χ3v) is 5.70. The molecule has 1 heterocycles. The van der Waals surface area contributed by atoms with Gasteiger partial charge in [0.05, 0.1) is 6.54 Å². The Morgan fingerprint density at radius 1 is 1.08 bits per heavy atom. The summed E-state index contributed by atoms with van der Waals surface area (Å²) in [7, 11) is 0. The highest BCUT2D eigenvalue weighted by Crippen LogP contribution is 2.28. The highest BCUT2D eigenvalue weighted by Gasteiger charge is 2.28. The molecular weight excluding hydrogens is 358 g/mol. The molecule has 0 aromatic heterocycles. The second-order valence-corrected chi connectivity index (χ2v) is 7.39. The Labute approximate surface area is 160 Å². The van der Waals surface area contributed by atoms with Crippen LogP contribution in [0.3, 0.4) is 0 Å². The second-order valence-electron chi connectivity index (χ2n) is 7.39. The van der Waals surface area contributed by atoms with Crippen LogP contribution in [0.15, 0.2) is 18.2 Å². The van der Waals surface area contributed by atoms with E-state index in [1.54, 1.807) is 4.90 Å². The largest absolute Gasteiger partial charge is 0.335 e. The van der Waals surface area contributed by atoms with E-state index in [-0.39, 0.29) is 36.5 Å². The Balaban J connectivity index is 0.00000243. The van der Waals surface area contributed by atoms with E-state index in [9.17, 15) is 13.6 Å². The molecule has 0 spiro atoms. The first-order chi connectivity index (χ1) is 12.1. The zero-order valence-electron chi connectivity index (χ0n) is 15.2. The molecule has 1 aliphatic carbocycles. The van der Waals surface area contributed by atoms with Crippen LogP contribution in [0, 0.1) is 17.6 Å². The molecule has 1 N–H and O–H groups in total. The zero-order chi connectivity index (χ0) is 17.6. The maximum atomic E-state index is 14.1. The van der Waals surface area contributed by atoms with E-state index in [0.717, 1.165) is 58.0 Å². The first kappa shape index (κ1) is 21.1. The van der Waals surface area contributed by atoms with Gasteiger partial charge in [-0.05, 0) is 63.2 Å². The molecular formula is C20H29ClF2N2O. The Bertz CT molecular complexity index is 567. The number of hydrogen-bond donors (Lipinski definition) is 1. The van der Waals surface area contributed by atoms with Gasteiger partial charge in [0.1, 0.15) is 11.6 Å². The van der Waals surface area contributed by atoms with Gasteiger partial charge in [0.25, 0.3) is 0 Å². The summed E-state index contributed by atoms with van der Waals surface area (Å²) in [6.45, 7) is 2.09. The summed E-state index contributed by atoms with van der Waals surface area (Å²) in [4.78, 5) is 14.6. The summed E-state index contributed by atoms with van der Waals surface area (Å²) < 4.78 is 28.1. The predicted molar refractivity (Wildman–Crippen MR) is 101 cm³/mol. The average Bonchev–Trinajstić information content (AvgIpc) is 3.15. The van der Waals surface area contributed by atoms with Gasteiger partial charge in [0.2, 0.25) is 5.91 Å². The highest BCUT2D eigenvalue weighted by molar-refractivity contribution is 5.85. The number of benzene rings is 1. The Morgan fingerprint density at radius 2 is 1.69 bits per heavy atom.